The molecule has 0 aliphatic heterocycles. The molecule has 116 valence electrons. The standard InChI is InChI=1S/C17H30O3/c1-11-10-12(2)15(17(19)14(4)13(11)3)8-6-7-9-16(18)20-5/h11-15H,6-10H2,1-5H3. The number of ketones is 1. The van der Waals surface area contributed by atoms with Crippen LogP contribution in [-0.4, -0.2) is 18.9 Å². The molecule has 5 atom stereocenters. The molecule has 0 saturated heterocycles. The van der Waals surface area contributed by atoms with Crippen LogP contribution in [0, 0.1) is 29.6 Å². The molecule has 1 saturated carbocycles. The summed E-state index contributed by atoms with van der Waals surface area (Å²) >= 11 is 0. The third-order valence-corrected chi connectivity index (χ3v) is 5.30. The number of carbonyl (C=O) groups excluding carboxylic acids is 2. The minimum Gasteiger partial charge on any atom is -0.469 e. The number of esters is 1. The van der Waals surface area contributed by atoms with Crippen molar-refractivity contribution in [3.05, 3.63) is 0 Å². The smallest absolute Gasteiger partial charge is 0.305 e. The van der Waals surface area contributed by atoms with Gasteiger partial charge in [0.25, 0.3) is 0 Å². The average molecular weight is 282 g/mol. The Kier molecular flexibility index (Phi) is 6.70. The Balaban J connectivity index is 2.54. The highest BCUT2D eigenvalue weighted by Gasteiger charge is 2.37. The van der Waals surface area contributed by atoms with Gasteiger partial charge in [-0.3, -0.25) is 9.59 Å². The van der Waals surface area contributed by atoms with Crippen molar-refractivity contribution in [2.75, 3.05) is 7.11 Å². The molecule has 1 fully saturated rings. The molecule has 0 spiro atoms. The normalized spacial score (nSPS) is 34.6. The van der Waals surface area contributed by atoms with Crippen LogP contribution in [0.25, 0.3) is 0 Å². The molecule has 1 aliphatic carbocycles. The van der Waals surface area contributed by atoms with Crippen LogP contribution >= 0.6 is 0 Å². The number of rotatable bonds is 5. The van der Waals surface area contributed by atoms with E-state index in [0.717, 1.165) is 25.7 Å². The monoisotopic (exact) mass is 282 g/mol. The highest BCUT2D eigenvalue weighted by Crippen LogP contribution is 2.38. The van der Waals surface area contributed by atoms with Gasteiger partial charge in [-0.1, -0.05) is 34.1 Å². The molecule has 1 aliphatic rings. The molecule has 0 aromatic rings. The Morgan fingerprint density at radius 3 is 2.40 bits per heavy atom. The molecular formula is C17H30O3. The van der Waals surface area contributed by atoms with Gasteiger partial charge in [-0.25, -0.2) is 0 Å². The van der Waals surface area contributed by atoms with Crippen molar-refractivity contribution in [3.8, 4) is 0 Å². The molecule has 5 unspecified atom stereocenters. The van der Waals surface area contributed by atoms with E-state index in [4.69, 9.17) is 0 Å². The summed E-state index contributed by atoms with van der Waals surface area (Å²) in [5.74, 6) is 2.18. The Morgan fingerprint density at radius 1 is 1.15 bits per heavy atom. The Hall–Kier alpha value is -0.860. The molecule has 0 heterocycles. The molecule has 0 amide bonds. The van der Waals surface area contributed by atoms with Crippen LogP contribution < -0.4 is 0 Å². The Bertz CT molecular complexity index is 337. The van der Waals surface area contributed by atoms with Crippen LogP contribution in [0.1, 0.15) is 59.8 Å². The summed E-state index contributed by atoms with van der Waals surface area (Å²) in [6.07, 6.45) is 4.28. The van der Waals surface area contributed by atoms with E-state index < -0.39 is 0 Å². The third-order valence-electron chi connectivity index (χ3n) is 5.30. The summed E-state index contributed by atoms with van der Waals surface area (Å²) in [5, 5.41) is 0. The van der Waals surface area contributed by atoms with Gasteiger partial charge < -0.3 is 4.74 Å². The van der Waals surface area contributed by atoms with Crippen molar-refractivity contribution in [3.63, 3.8) is 0 Å². The molecule has 0 aromatic carbocycles. The zero-order chi connectivity index (χ0) is 15.3. The van der Waals surface area contributed by atoms with E-state index in [9.17, 15) is 9.59 Å². The van der Waals surface area contributed by atoms with Crippen LogP contribution in [0.3, 0.4) is 0 Å². The fourth-order valence-corrected chi connectivity index (χ4v) is 3.50. The molecule has 0 radical (unpaired) electrons. The first-order chi connectivity index (χ1) is 9.38. The Morgan fingerprint density at radius 2 is 1.80 bits per heavy atom. The third kappa shape index (κ3) is 4.32. The maximum absolute atomic E-state index is 12.6. The number of unbranched alkanes of at least 4 members (excludes halogenated alkanes) is 1. The number of ether oxygens (including phenoxy) is 1. The molecule has 3 nitrogen and oxygen atoms in total. The first kappa shape index (κ1) is 17.2. The molecular weight excluding hydrogens is 252 g/mol. The molecule has 0 aromatic heterocycles. The highest BCUT2D eigenvalue weighted by atomic mass is 16.5. The second-order valence-electron chi connectivity index (χ2n) is 6.67. The summed E-state index contributed by atoms with van der Waals surface area (Å²) < 4.78 is 4.64. The fraction of sp³-hybridized carbons (Fsp3) is 0.882. The van der Waals surface area contributed by atoms with E-state index in [0.29, 0.717) is 30.0 Å². The van der Waals surface area contributed by atoms with Gasteiger partial charge in [-0.15, -0.1) is 0 Å². The molecule has 1 rings (SSSR count). The number of carbonyl (C=O) groups is 2. The van der Waals surface area contributed by atoms with Gasteiger partial charge in [0.1, 0.15) is 5.78 Å². The Labute approximate surface area is 123 Å². The van der Waals surface area contributed by atoms with E-state index in [2.05, 4.69) is 32.4 Å². The number of methoxy groups -OCH3 is 1. The van der Waals surface area contributed by atoms with Gasteiger partial charge in [0, 0.05) is 18.3 Å². The minimum absolute atomic E-state index is 0.152. The van der Waals surface area contributed by atoms with Crippen LogP contribution in [0.4, 0.5) is 0 Å². The van der Waals surface area contributed by atoms with E-state index in [1.165, 1.54) is 7.11 Å². The lowest BCUT2D eigenvalue weighted by Crippen LogP contribution is -2.27. The topological polar surface area (TPSA) is 43.4 Å². The lowest BCUT2D eigenvalue weighted by Gasteiger charge is -2.22. The van der Waals surface area contributed by atoms with Crippen molar-refractivity contribution >= 4 is 11.8 Å². The van der Waals surface area contributed by atoms with Gasteiger partial charge in [-0.05, 0) is 37.0 Å². The van der Waals surface area contributed by atoms with E-state index in [1.807, 2.05) is 0 Å². The van der Waals surface area contributed by atoms with Crippen molar-refractivity contribution in [2.24, 2.45) is 29.6 Å². The average Bonchev–Trinajstić information content (AvgIpc) is 2.49. The second kappa shape index (κ2) is 7.80. The molecule has 0 N–H and O–H groups in total. The zero-order valence-electron chi connectivity index (χ0n) is 13.6. The van der Waals surface area contributed by atoms with Crippen molar-refractivity contribution in [1.29, 1.82) is 0 Å². The van der Waals surface area contributed by atoms with Crippen molar-refractivity contribution in [2.45, 2.75) is 59.8 Å². The highest BCUT2D eigenvalue weighted by molar-refractivity contribution is 5.84. The summed E-state index contributed by atoms with van der Waals surface area (Å²) in [7, 11) is 1.42. The van der Waals surface area contributed by atoms with E-state index >= 15 is 0 Å². The van der Waals surface area contributed by atoms with E-state index in [1.54, 1.807) is 0 Å². The van der Waals surface area contributed by atoms with Gasteiger partial charge in [0.2, 0.25) is 0 Å². The predicted octanol–water partition coefficient (Wildman–Crippen LogP) is 3.85. The van der Waals surface area contributed by atoms with Crippen molar-refractivity contribution in [1.82, 2.24) is 0 Å². The predicted molar refractivity (Wildman–Crippen MR) is 80.3 cm³/mol. The van der Waals surface area contributed by atoms with Gasteiger partial charge in [-0.2, -0.15) is 0 Å². The number of hydrogen-bond donors (Lipinski definition) is 0. The lowest BCUT2D eigenvalue weighted by atomic mass is 9.81. The SMILES string of the molecule is COC(=O)CCCCC1C(=O)C(C)C(C)C(C)CC1C. The first-order valence-corrected chi connectivity index (χ1v) is 7.99. The van der Waals surface area contributed by atoms with Crippen LogP contribution in [-0.2, 0) is 14.3 Å². The second-order valence-corrected chi connectivity index (χ2v) is 6.67. The maximum Gasteiger partial charge on any atom is 0.305 e. The summed E-state index contributed by atoms with van der Waals surface area (Å²) in [6.45, 7) is 8.78. The number of hydrogen-bond acceptors (Lipinski definition) is 3. The minimum atomic E-state index is -0.152. The number of Topliss-reactive ketones (excluding diaryl/α,β-unsaturated/α-hetero) is 1. The van der Waals surface area contributed by atoms with Gasteiger partial charge in [0.05, 0.1) is 7.11 Å². The first-order valence-electron chi connectivity index (χ1n) is 7.99. The maximum atomic E-state index is 12.6. The zero-order valence-corrected chi connectivity index (χ0v) is 13.6. The van der Waals surface area contributed by atoms with Crippen LogP contribution in [0.5, 0.6) is 0 Å². The van der Waals surface area contributed by atoms with E-state index in [-0.39, 0.29) is 17.8 Å². The van der Waals surface area contributed by atoms with Gasteiger partial charge in [0.15, 0.2) is 0 Å². The summed E-state index contributed by atoms with van der Waals surface area (Å²) in [5.41, 5.74) is 0. The quantitative estimate of drug-likeness (QED) is 0.437. The van der Waals surface area contributed by atoms with Crippen LogP contribution in [0.15, 0.2) is 0 Å². The van der Waals surface area contributed by atoms with Crippen molar-refractivity contribution < 1.29 is 14.3 Å². The summed E-state index contributed by atoms with van der Waals surface area (Å²) in [4.78, 5) is 23.7. The largest absolute Gasteiger partial charge is 0.469 e. The van der Waals surface area contributed by atoms with Gasteiger partial charge >= 0.3 is 5.97 Å². The van der Waals surface area contributed by atoms with Crippen LogP contribution in [0.2, 0.25) is 0 Å². The summed E-state index contributed by atoms with van der Waals surface area (Å²) in [6, 6.07) is 0. The molecule has 3 heteroatoms. The lowest BCUT2D eigenvalue weighted by molar-refractivity contribution is -0.140. The molecule has 0 bridgehead atoms. The molecule has 20 heavy (non-hydrogen) atoms. The fourth-order valence-electron chi connectivity index (χ4n) is 3.50.